The molecular weight excluding hydrogens is 270 g/mol. The maximum Gasteiger partial charge on any atom is 0.230 e. The Morgan fingerprint density at radius 1 is 1.38 bits per heavy atom. The van der Waals surface area contributed by atoms with Crippen LogP contribution in [0.5, 0.6) is 5.75 Å². The van der Waals surface area contributed by atoms with Crippen LogP contribution in [0.2, 0.25) is 0 Å². The highest BCUT2D eigenvalue weighted by Crippen LogP contribution is 2.13. The number of aromatic nitrogens is 2. The van der Waals surface area contributed by atoms with Gasteiger partial charge in [-0.2, -0.15) is 4.98 Å². The average Bonchev–Trinajstić information content (AvgIpc) is 2.94. The second kappa shape index (κ2) is 7.75. The number of hydrogen-bond donors (Lipinski definition) is 1. The molecule has 0 fully saturated rings. The molecular formula is C15H21N3O3. The van der Waals surface area contributed by atoms with Crippen molar-refractivity contribution in [2.45, 2.75) is 26.3 Å². The summed E-state index contributed by atoms with van der Waals surface area (Å²) >= 11 is 0. The molecule has 0 amide bonds. The van der Waals surface area contributed by atoms with Crippen LogP contribution in [0.15, 0.2) is 28.8 Å². The predicted octanol–water partition coefficient (Wildman–Crippen LogP) is 2.04. The summed E-state index contributed by atoms with van der Waals surface area (Å²) in [7, 11) is 0. The lowest BCUT2D eigenvalue weighted by Gasteiger charge is -2.05. The van der Waals surface area contributed by atoms with Gasteiger partial charge in [0.25, 0.3) is 0 Å². The van der Waals surface area contributed by atoms with Crippen LogP contribution in [-0.4, -0.2) is 30.0 Å². The monoisotopic (exact) mass is 291 g/mol. The lowest BCUT2D eigenvalue weighted by Crippen LogP contribution is -2.18. The third-order valence-corrected chi connectivity index (χ3v) is 2.89. The van der Waals surface area contributed by atoms with Gasteiger partial charge in [-0.25, -0.2) is 0 Å². The second-order valence-electron chi connectivity index (χ2n) is 4.73. The highest BCUT2D eigenvalue weighted by atomic mass is 16.5. The van der Waals surface area contributed by atoms with Gasteiger partial charge in [0.15, 0.2) is 5.82 Å². The van der Waals surface area contributed by atoms with Gasteiger partial charge in [0.1, 0.15) is 5.75 Å². The summed E-state index contributed by atoms with van der Waals surface area (Å²) in [6, 6.07) is 7.53. The van der Waals surface area contributed by atoms with Crippen LogP contribution in [0.4, 0.5) is 0 Å². The van der Waals surface area contributed by atoms with Crippen molar-refractivity contribution >= 4 is 0 Å². The van der Waals surface area contributed by atoms with Gasteiger partial charge in [0.05, 0.1) is 25.7 Å². The summed E-state index contributed by atoms with van der Waals surface area (Å²) < 4.78 is 16.0. The van der Waals surface area contributed by atoms with Crippen molar-refractivity contribution in [3.63, 3.8) is 0 Å². The Balaban J connectivity index is 1.80. The molecule has 0 radical (unpaired) electrons. The first-order chi connectivity index (χ1) is 10.2. The van der Waals surface area contributed by atoms with Crippen molar-refractivity contribution < 1.29 is 14.0 Å². The first kappa shape index (κ1) is 15.5. The molecule has 1 atom stereocenters. The third kappa shape index (κ3) is 4.84. The van der Waals surface area contributed by atoms with Crippen LogP contribution < -0.4 is 10.5 Å². The number of rotatable bonds is 8. The van der Waals surface area contributed by atoms with Gasteiger partial charge < -0.3 is 19.7 Å². The topological polar surface area (TPSA) is 83.4 Å². The normalized spacial score (nSPS) is 12.3. The Morgan fingerprint density at radius 2 is 2.24 bits per heavy atom. The van der Waals surface area contributed by atoms with Gasteiger partial charge >= 0.3 is 0 Å². The van der Waals surface area contributed by atoms with Crippen LogP contribution in [0, 0.1) is 6.92 Å². The molecule has 2 aromatic rings. The molecule has 1 aromatic heterocycles. The Hall–Kier alpha value is -1.92. The van der Waals surface area contributed by atoms with Crippen LogP contribution in [-0.2, 0) is 11.2 Å². The van der Waals surface area contributed by atoms with E-state index in [2.05, 4.69) is 10.1 Å². The van der Waals surface area contributed by atoms with Crippen molar-refractivity contribution in [3.8, 4) is 5.75 Å². The number of nitrogens with two attached hydrogens (primary N) is 1. The molecule has 6 nitrogen and oxygen atoms in total. The number of benzene rings is 1. The van der Waals surface area contributed by atoms with Gasteiger partial charge in [-0.3, -0.25) is 0 Å². The van der Waals surface area contributed by atoms with E-state index in [-0.39, 0.29) is 6.04 Å². The first-order valence-corrected chi connectivity index (χ1v) is 7.04. The van der Waals surface area contributed by atoms with Gasteiger partial charge in [0, 0.05) is 6.61 Å². The predicted molar refractivity (Wildman–Crippen MR) is 78.1 cm³/mol. The second-order valence-corrected chi connectivity index (χ2v) is 4.73. The smallest absolute Gasteiger partial charge is 0.230 e. The molecule has 1 unspecified atom stereocenters. The highest BCUT2D eigenvalue weighted by molar-refractivity contribution is 5.27. The van der Waals surface area contributed by atoms with E-state index >= 15 is 0 Å². The molecule has 0 saturated heterocycles. The van der Waals surface area contributed by atoms with E-state index in [1.807, 2.05) is 38.1 Å². The Kier molecular flexibility index (Phi) is 5.71. The maximum absolute atomic E-state index is 5.89. The molecule has 0 bridgehead atoms. The van der Waals surface area contributed by atoms with E-state index in [4.69, 9.17) is 19.7 Å². The molecule has 2 N–H and O–H groups in total. The Labute approximate surface area is 124 Å². The SMILES string of the molecule is CCOCC(N)c1noc(CCOc2cccc(C)c2)n1. The van der Waals surface area contributed by atoms with E-state index < -0.39 is 0 Å². The number of aryl methyl sites for hydroxylation is 1. The summed E-state index contributed by atoms with van der Waals surface area (Å²) in [5, 5.41) is 3.86. The molecule has 0 aliphatic rings. The van der Waals surface area contributed by atoms with Crippen molar-refractivity contribution in [2.75, 3.05) is 19.8 Å². The van der Waals surface area contributed by atoms with Crippen LogP contribution in [0.25, 0.3) is 0 Å². The van der Waals surface area contributed by atoms with Crippen LogP contribution in [0.1, 0.15) is 30.2 Å². The lowest BCUT2D eigenvalue weighted by atomic mass is 10.2. The summed E-state index contributed by atoms with van der Waals surface area (Å²) in [6.07, 6.45) is 0.544. The lowest BCUT2D eigenvalue weighted by molar-refractivity contribution is 0.130. The molecule has 21 heavy (non-hydrogen) atoms. The molecule has 114 valence electrons. The van der Waals surface area contributed by atoms with Gasteiger partial charge in [-0.15, -0.1) is 0 Å². The zero-order valence-corrected chi connectivity index (χ0v) is 12.4. The van der Waals surface area contributed by atoms with Crippen molar-refractivity contribution in [1.82, 2.24) is 10.1 Å². The molecule has 1 heterocycles. The molecule has 2 rings (SSSR count). The fourth-order valence-corrected chi connectivity index (χ4v) is 1.80. The molecule has 0 aliphatic carbocycles. The number of nitrogens with zero attached hydrogens (tertiary/aromatic N) is 2. The molecule has 0 aliphatic heterocycles. The van der Waals surface area contributed by atoms with E-state index in [0.29, 0.717) is 38.0 Å². The largest absolute Gasteiger partial charge is 0.493 e. The molecule has 6 heteroatoms. The standard InChI is InChI=1S/C15H21N3O3/c1-3-19-10-13(16)15-17-14(21-18-15)7-8-20-12-6-4-5-11(2)9-12/h4-6,9,13H,3,7-8,10,16H2,1-2H3. The van der Waals surface area contributed by atoms with E-state index in [0.717, 1.165) is 11.3 Å². The zero-order valence-electron chi connectivity index (χ0n) is 12.4. The fraction of sp³-hybridized carbons (Fsp3) is 0.467. The Bertz CT molecular complexity index is 557. The third-order valence-electron chi connectivity index (χ3n) is 2.89. The van der Waals surface area contributed by atoms with Gasteiger partial charge in [-0.05, 0) is 31.5 Å². The summed E-state index contributed by atoms with van der Waals surface area (Å²) in [5.74, 6) is 1.82. The average molecular weight is 291 g/mol. The van der Waals surface area contributed by atoms with Crippen LogP contribution >= 0.6 is 0 Å². The minimum absolute atomic E-state index is 0.361. The summed E-state index contributed by atoms with van der Waals surface area (Å²) in [4.78, 5) is 4.25. The number of ether oxygens (including phenoxy) is 2. The fourth-order valence-electron chi connectivity index (χ4n) is 1.80. The van der Waals surface area contributed by atoms with Crippen molar-refractivity contribution in [3.05, 3.63) is 41.5 Å². The van der Waals surface area contributed by atoms with Gasteiger partial charge in [-0.1, -0.05) is 17.3 Å². The zero-order chi connectivity index (χ0) is 15.1. The van der Waals surface area contributed by atoms with Gasteiger partial charge in [0.2, 0.25) is 5.89 Å². The minimum atomic E-state index is -0.361. The maximum atomic E-state index is 5.89. The molecule has 0 spiro atoms. The number of hydrogen-bond acceptors (Lipinski definition) is 6. The first-order valence-electron chi connectivity index (χ1n) is 7.04. The van der Waals surface area contributed by atoms with Crippen LogP contribution in [0.3, 0.4) is 0 Å². The molecule has 1 aromatic carbocycles. The summed E-state index contributed by atoms with van der Waals surface area (Å²) in [6.45, 7) is 5.41. The minimum Gasteiger partial charge on any atom is -0.493 e. The van der Waals surface area contributed by atoms with E-state index in [1.165, 1.54) is 0 Å². The highest BCUT2D eigenvalue weighted by Gasteiger charge is 2.14. The Morgan fingerprint density at radius 3 is 3.00 bits per heavy atom. The van der Waals surface area contributed by atoms with E-state index in [9.17, 15) is 0 Å². The van der Waals surface area contributed by atoms with Crippen molar-refractivity contribution in [2.24, 2.45) is 5.73 Å². The summed E-state index contributed by atoms with van der Waals surface area (Å²) in [5.41, 5.74) is 7.05. The quantitative estimate of drug-likeness (QED) is 0.801. The van der Waals surface area contributed by atoms with E-state index in [1.54, 1.807) is 0 Å². The van der Waals surface area contributed by atoms with Crippen molar-refractivity contribution in [1.29, 1.82) is 0 Å². The molecule has 0 saturated carbocycles.